The van der Waals surface area contributed by atoms with E-state index in [9.17, 15) is 59.4 Å². The van der Waals surface area contributed by atoms with Crippen LogP contribution in [0.15, 0.2) is 0 Å². The monoisotopic (exact) mass is 483 g/mol. The molecule has 6 N–H and O–H groups in total. The van der Waals surface area contributed by atoms with E-state index in [0.717, 1.165) is 0 Å². The van der Waals surface area contributed by atoms with Crippen molar-refractivity contribution >= 4 is 35.8 Å². The molecule has 0 aliphatic heterocycles. The average molecular weight is 483 g/mol. The van der Waals surface area contributed by atoms with Crippen LogP contribution in [0.3, 0.4) is 0 Å². The van der Waals surface area contributed by atoms with Gasteiger partial charge in [0.2, 0.25) is 0 Å². The molecular formula is C12H14Na3O16-3. The van der Waals surface area contributed by atoms with Gasteiger partial charge in [0.1, 0.15) is 11.2 Å². The van der Waals surface area contributed by atoms with Crippen molar-refractivity contribution in [3.8, 4) is 0 Å². The summed E-state index contributed by atoms with van der Waals surface area (Å²) in [5.74, 6) is -12.0. The van der Waals surface area contributed by atoms with E-state index < -0.39 is 72.7 Å². The first-order valence-electron chi connectivity index (χ1n) is 6.23. The van der Waals surface area contributed by atoms with Gasteiger partial charge in [-0.2, -0.15) is 0 Å². The van der Waals surface area contributed by atoms with Crippen molar-refractivity contribution in [2.45, 2.75) is 36.9 Å². The number of carboxylic acids is 6. The van der Waals surface area contributed by atoms with Gasteiger partial charge in [-0.15, -0.1) is 0 Å². The summed E-state index contributed by atoms with van der Waals surface area (Å²) in [6.45, 7) is 0. The Kier molecular flexibility index (Phi) is 33.4. The molecule has 0 unspecified atom stereocenters. The molecule has 0 heterocycles. The first-order chi connectivity index (χ1) is 11.6. The van der Waals surface area contributed by atoms with Crippen LogP contribution in [0.5, 0.6) is 0 Å². The first-order valence-corrected chi connectivity index (χ1v) is 6.23. The first kappa shape index (κ1) is 48.2. The molecule has 0 saturated carbocycles. The average Bonchev–Trinajstić information content (AvgIpc) is 2.34. The molecular weight excluding hydrogens is 469 g/mol. The van der Waals surface area contributed by atoms with E-state index in [0.29, 0.717) is 0 Å². The van der Waals surface area contributed by atoms with E-state index in [2.05, 4.69) is 0 Å². The van der Waals surface area contributed by atoms with Crippen LogP contribution in [0, 0.1) is 0 Å². The second-order valence-electron chi connectivity index (χ2n) is 4.83. The predicted molar refractivity (Wildman–Crippen MR) is 65.6 cm³/mol. The third kappa shape index (κ3) is 22.6. The molecule has 0 aromatic rings. The maximum atomic E-state index is 10.1. The number of rotatable bonds is 10. The summed E-state index contributed by atoms with van der Waals surface area (Å²) in [4.78, 5) is 60.0. The van der Waals surface area contributed by atoms with Crippen LogP contribution in [0.4, 0.5) is 0 Å². The van der Waals surface area contributed by atoms with Crippen molar-refractivity contribution in [2.24, 2.45) is 0 Å². The van der Waals surface area contributed by atoms with E-state index in [1.165, 1.54) is 0 Å². The van der Waals surface area contributed by atoms with E-state index in [1.807, 2.05) is 0 Å². The Morgan fingerprint density at radius 2 is 0.613 bits per heavy atom. The van der Waals surface area contributed by atoms with Gasteiger partial charge in [0.25, 0.3) is 0 Å². The summed E-state index contributed by atoms with van der Waals surface area (Å²) in [6, 6.07) is 0. The summed E-state index contributed by atoms with van der Waals surface area (Å²) in [5.41, 5.74) is -5.95. The summed E-state index contributed by atoms with van der Waals surface area (Å²) in [6.07, 6.45) is -5.43. The van der Waals surface area contributed by atoms with Gasteiger partial charge in [-0.3, -0.25) is 0 Å². The zero-order valence-electron chi connectivity index (χ0n) is 16.6. The molecule has 164 valence electrons. The fourth-order valence-electron chi connectivity index (χ4n) is 1.37. The Morgan fingerprint density at radius 1 is 0.484 bits per heavy atom. The second-order valence-corrected chi connectivity index (χ2v) is 4.83. The van der Waals surface area contributed by atoms with Crippen LogP contribution in [-0.2, 0) is 28.8 Å². The van der Waals surface area contributed by atoms with Crippen LogP contribution in [0.25, 0.3) is 0 Å². The predicted octanol–water partition coefficient (Wildman–Crippen LogP) is -21.1. The molecule has 0 aromatic carbocycles. The zero-order valence-corrected chi connectivity index (χ0v) is 22.6. The number of aliphatic carboxylic acids is 6. The third-order valence-corrected chi connectivity index (χ3v) is 2.51. The molecule has 0 rings (SSSR count). The molecule has 0 atom stereocenters. The number of aliphatic hydroxyl groups is 2. The summed E-state index contributed by atoms with van der Waals surface area (Å²) in [5, 5.41) is 77.9. The second kappa shape index (κ2) is 21.5. The minimum Gasteiger partial charge on any atom is -0.550 e. The topological polar surface area (TPSA) is 344 Å². The van der Waals surface area contributed by atoms with E-state index in [1.54, 1.807) is 0 Å². The molecule has 19 heteroatoms. The Labute approximate surface area is 239 Å². The maximum absolute atomic E-state index is 10.1. The summed E-state index contributed by atoms with van der Waals surface area (Å²) in [7, 11) is 0. The van der Waals surface area contributed by atoms with Gasteiger partial charge in [-0.25, -0.2) is 0 Å². The molecule has 0 bridgehead atoms. The third-order valence-electron chi connectivity index (χ3n) is 2.51. The van der Waals surface area contributed by atoms with Gasteiger partial charge in [0, 0.05) is 49.6 Å². The maximum Gasteiger partial charge on any atom is 1.00 e. The standard InChI is InChI=1S/2C6H8O7.3Na.2H2O/c2*7-3(8)1-6(13,5(11)12)2-4(9)10;;;;;/h2*13H,1-2H2,(H,7,8)(H,9,10)(H,11,12);;;;2*1H2/q;;3*+1;;/p-6. The number of carbonyl (C=O) groups excluding carboxylic acids is 6. The largest absolute Gasteiger partial charge is 1.00 e. The van der Waals surface area contributed by atoms with Crippen molar-refractivity contribution in [2.75, 3.05) is 0 Å². The minimum absolute atomic E-state index is 0. The zero-order chi connectivity index (χ0) is 21.3. The van der Waals surface area contributed by atoms with Gasteiger partial charge < -0.3 is 80.6 Å². The molecule has 0 spiro atoms. The normalized spacial score (nSPS) is 9.10. The Bertz CT molecular complexity index is 523. The molecule has 16 nitrogen and oxygen atoms in total. The minimum atomic E-state index is -2.97. The van der Waals surface area contributed by atoms with E-state index in [-0.39, 0.29) is 99.6 Å². The Hall–Kier alpha value is -0.340. The van der Waals surface area contributed by atoms with Crippen LogP contribution in [0.1, 0.15) is 25.7 Å². The van der Waals surface area contributed by atoms with Gasteiger partial charge in [-0.05, 0) is 0 Å². The van der Waals surface area contributed by atoms with Gasteiger partial charge in [-0.1, -0.05) is 0 Å². The number of carboxylic acid groups (broad SMARTS) is 6. The molecule has 0 radical (unpaired) electrons. The summed E-state index contributed by atoms with van der Waals surface area (Å²) < 4.78 is 0. The molecule has 0 aliphatic carbocycles. The van der Waals surface area contributed by atoms with Crippen molar-refractivity contribution in [3.63, 3.8) is 0 Å². The van der Waals surface area contributed by atoms with Crippen LogP contribution in [0.2, 0.25) is 0 Å². The van der Waals surface area contributed by atoms with Gasteiger partial charge in [0.05, 0.1) is 11.9 Å². The fourth-order valence-corrected chi connectivity index (χ4v) is 1.37. The molecule has 0 aliphatic rings. The molecule has 0 aromatic heterocycles. The number of hydrogen-bond acceptors (Lipinski definition) is 14. The number of hydrogen-bond donors (Lipinski definition) is 2. The van der Waals surface area contributed by atoms with Crippen molar-refractivity contribution in [3.05, 3.63) is 0 Å². The molecule has 31 heavy (non-hydrogen) atoms. The van der Waals surface area contributed by atoms with Crippen LogP contribution < -0.4 is 119 Å². The van der Waals surface area contributed by atoms with Crippen LogP contribution >= 0.6 is 0 Å². The molecule has 0 amide bonds. The van der Waals surface area contributed by atoms with Crippen molar-refractivity contribution in [1.82, 2.24) is 0 Å². The number of carbonyl (C=O) groups is 6. The van der Waals surface area contributed by atoms with Crippen molar-refractivity contribution < 1.29 is 169 Å². The smallest absolute Gasteiger partial charge is 0.550 e. The Balaban J connectivity index is -0.0000000640. The van der Waals surface area contributed by atoms with Gasteiger partial charge >= 0.3 is 88.7 Å². The summed E-state index contributed by atoms with van der Waals surface area (Å²) >= 11 is 0. The SMILES string of the molecule is O.O.O=C([O-])CC(O)(CC(=O)[O-])C(=O)[O-].O=C([O-])CC(O)(CC(=O)[O-])C(=O)[O-].[Na+].[Na+].[Na+]. The quantitative estimate of drug-likeness (QED) is 0.272. The van der Waals surface area contributed by atoms with Crippen molar-refractivity contribution in [1.29, 1.82) is 0 Å². The fraction of sp³-hybridized carbons (Fsp3) is 0.500. The molecule has 0 saturated heterocycles. The van der Waals surface area contributed by atoms with Gasteiger partial charge in [0.15, 0.2) is 0 Å². The Morgan fingerprint density at radius 3 is 0.677 bits per heavy atom. The van der Waals surface area contributed by atoms with E-state index >= 15 is 0 Å². The van der Waals surface area contributed by atoms with E-state index in [4.69, 9.17) is 10.2 Å². The molecule has 0 fully saturated rings. The van der Waals surface area contributed by atoms with Crippen LogP contribution in [-0.4, -0.2) is 68.2 Å².